The molecule has 1 heterocycles. The SMILES string of the molecule is CC[C@@H]1CN(C)[C@@H](C)CN1. The first-order valence-electron chi connectivity index (χ1n) is 4.17. The van der Waals surface area contributed by atoms with E-state index in [0.717, 1.165) is 12.6 Å². The Hall–Kier alpha value is -0.0800. The molecule has 1 aliphatic heterocycles. The van der Waals surface area contributed by atoms with Crippen molar-refractivity contribution >= 4 is 0 Å². The zero-order valence-corrected chi connectivity index (χ0v) is 7.22. The zero-order chi connectivity index (χ0) is 7.56. The molecule has 0 aliphatic carbocycles. The van der Waals surface area contributed by atoms with Gasteiger partial charge in [0.15, 0.2) is 0 Å². The molecule has 1 aliphatic rings. The predicted molar refractivity (Wildman–Crippen MR) is 44.2 cm³/mol. The summed E-state index contributed by atoms with van der Waals surface area (Å²) in [6, 6.07) is 1.43. The molecule has 0 saturated carbocycles. The molecule has 0 amide bonds. The highest BCUT2D eigenvalue weighted by molar-refractivity contribution is 4.80. The van der Waals surface area contributed by atoms with Crippen LogP contribution in [0.25, 0.3) is 0 Å². The largest absolute Gasteiger partial charge is 0.311 e. The van der Waals surface area contributed by atoms with Gasteiger partial charge >= 0.3 is 0 Å². The monoisotopic (exact) mass is 142 g/mol. The van der Waals surface area contributed by atoms with Crippen molar-refractivity contribution in [3.8, 4) is 0 Å². The maximum atomic E-state index is 3.51. The van der Waals surface area contributed by atoms with Crippen molar-refractivity contribution < 1.29 is 0 Å². The highest BCUT2D eigenvalue weighted by Crippen LogP contribution is 2.04. The Morgan fingerprint density at radius 1 is 1.60 bits per heavy atom. The van der Waals surface area contributed by atoms with Crippen molar-refractivity contribution in [3.63, 3.8) is 0 Å². The van der Waals surface area contributed by atoms with Crippen LogP contribution >= 0.6 is 0 Å². The van der Waals surface area contributed by atoms with Crippen molar-refractivity contribution in [3.05, 3.63) is 0 Å². The smallest absolute Gasteiger partial charge is 0.0193 e. The average molecular weight is 142 g/mol. The van der Waals surface area contributed by atoms with E-state index < -0.39 is 0 Å². The van der Waals surface area contributed by atoms with Gasteiger partial charge in [0.25, 0.3) is 0 Å². The van der Waals surface area contributed by atoms with Gasteiger partial charge in [0.1, 0.15) is 0 Å². The van der Waals surface area contributed by atoms with E-state index in [1.54, 1.807) is 0 Å². The molecule has 0 bridgehead atoms. The fourth-order valence-electron chi connectivity index (χ4n) is 1.36. The summed E-state index contributed by atoms with van der Waals surface area (Å²) in [5.74, 6) is 0. The number of nitrogens with zero attached hydrogens (tertiary/aromatic N) is 1. The van der Waals surface area contributed by atoms with Crippen molar-refractivity contribution in [1.29, 1.82) is 0 Å². The molecule has 1 saturated heterocycles. The standard InChI is InChI=1S/C8H18N2/c1-4-8-6-10(3)7(2)5-9-8/h7-9H,4-6H2,1-3H3/t7-,8+/m0/s1. The molecular formula is C8H18N2. The van der Waals surface area contributed by atoms with Gasteiger partial charge in [0.2, 0.25) is 0 Å². The van der Waals surface area contributed by atoms with Gasteiger partial charge in [-0.3, -0.25) is 0 Å². The van der Waals surface area contributed by atoms with E-state index in [9.17, 15) is 0 Å². The van der Waals surface area contributed by atoms with E-state index in [-0.39, 0.29) is 0 Å². The lowest BCUT2D eigenvalue weighted by atomic mass is 10.1. The highest BCUT2D eigenvalue weighted by atomic mass is 15.2. The first-order chi connectivity index (χ1) is 4.74. The number of likely N-dealkylation sites (N-methyl/N-ethyl adjacent to an activating group) is 1. The minimum atomic E-state index is 0.711. The fraction of sp³-hybridized carbons (Fsp3) is 1.00. The van der Waals surface area contributed by atoms with Crippen LogP contribution in [0.5, 0.6) is 0 Å². The Labute approximate surface area is 63.6 Å². The van der Waals surface area contributed by atoms with E-state index >= 15 is 0 Å². The maximum Gasteiger partial charge on any atom is 0.0193 e. The van der Waals surface area contributed by atoms with Gasteiger partial charge in [0.05, 0.1) is 0 Å². The van der Waals surface area contributed by atoms with E-state index in [1.165, 1.54) is 13.0 Å². The Morgan fingerprint density at radius 2 is 2.30 bits per heavy atom. The molecule has 2 nitrogen and oxygen atoms in total. The van der Waals surface area contributed by atoms with Gasteiger partial charge in [-0.25, -0.2) is 0 Å². The van der Waals surface area contributed by atoms with Crippen molar-refractivity contribution in [2.75, 3.05) is 20.1 Å². The van der Waals surface area contributed by atoms with Crippen LogP contribution in [0.2, 0.25) is 0 Å². The third-order valence-electron chi connectivity index (χ3n) is 2.46. The second-order valence-corrected chi connectivity index (χ2v) is 3.30. The first-order valence-corrected chi connectivity index (χ1v) is 4.17. The van der Waals surface area contributed by atoms with E-state index in [0.29, 0.717) is 6.04 Å². The van der Waals surface area contributed by atoms with Crippen LogP contribution in [0.3, 0.4) is 0 Å². The summed E-state index contributed by atoms with van der Waals surface area (Å²) < 4.78 is 0. The second kappa shape index (κ2) is 3.35. The normalized spacial score (nSPS) is 36.3. The van der Waals surface area contributed by atoms with Gasteiger partial charge < -0.3 is 10.2 Å². The molecule has 0 unspecified atom stereocenters. The molecule has 2 heteroatoms. The zero-order valence-electron chi connectivity index (χ0n) is 7.22. The third kappa shape index (κ3) is 1.70. The lowest BCUT2D eigenvalue weighted by Gasteiger charge is -2.35. The topological polar surface area (TPSA) is 15.3 Å². The lowest BCUT2D eigenvalue weighted by molar-refractivity contribution is 0.173. The van der Waals surface area contributed by atoms with E-state index in [2.05, 4.69) is 31.1 Å². The van der Waals surface area contributed by atoms with E-state index in [1.807, 2.05) is 0 Å². The van der Waals surface area contributed by atoms with Crippen LogP contribution in [0.4, 0.5) is 0 Å². The molecule has 10 heavy (non-hydrogen) atoms. The summed E-state index contributed by atoms with van der Waals surface area (Å²) in [5, 5.41) is 3.51. The summed E-state index contributed by atoms with van der Waals surface area (Å²) in [7, 11) is 2.20. The van der Waals surface area contributed by atoms with Crippen molar-refractivity contribution in [2.45, 2.75) is 32.4 Å². The molecule has 0 aromatic carbocycles. The molecule has 0 radical (unpaired) electrons. The molecular weight excluding hydrogens is 124 g/mol. The minimum absolute atomic E-state index is 0.711. The second-order valence-electron chi connectivity index (χ2n) is 3.30. The molecule has 1 N–H and O–H groups in total. The number of piperazine rings is 1. The predicted octanol–water partition coefficient (Wildman–Crippen LogP) is 0.689. The molecule has 2 atom stereocenters. The van der Waals surface area contributed by atoms with E-state index in [4.69, 9.17) is 0 Å². The van der Waals surface area contributed by atoms with Crippen LogP contribution in [0, 0.1) is 0 Å². The molecule has 0 spiro atoms. The molecule has 1 rings (SSSR count). The fourth-order valence-corrected chi connectivity index (χ4v) is 1.36. The molecule has 60 valence electrons. The van der Waals surface area contributed by atoms with Gasteiger partial charge in [0, 0.05) is 25.2 Å². The van der Waals surface area contributed by atoms with Crippen LogP contribution < -0.4 is 5.32 Å². The molecule has 0 aromatic heterocycles. The van der Waals surface area contributed by atoms with Crippen LogP contribution in [-0.2, 0) is 0 Å². The first kappa shape index (κ1) is 8.02. The van der Waals surface area contributed by atoms with Crippen LogP contribution in [0.15, 0.2) is 0 Å². The Balaban J connectivity index is 2.33. The molecule has 0 aromatic rings. The summed E-state index contributed by atoms with van der Waals surface area (Å²) in [6.45, 7) is 6.85. The summed E-state index contributed by atoms with van der Waals surface area (Å²) in [4.78, 5) is 2.42. The summed E-state index contributed by atoms with van der Waals surface area (Å²) >= 11 is 0. The minimum Gasteiger partial charge on any atom is -0.311 e. The number of rotatable bonds is 1. The van der Waals surface area contributed by atoms with Gasteiger partial charge in [-0.15, -0.1) is 0 Å². The summed E-state index contributed by atoms with van der Waals surface area (Å²) in [5.41, 5.74) is 0. The Bertz CT molecular complexity index is 103. The quantitative estimate of drug-likeness (QED) is 0.579. The van der Waals surface area contributed by atoms with Crippen LogP contribution in [-0.4, -0.2) is 37.1 Å². The Morgan fingerprint density at radius 3 is 2.80 bits per heavy atom. The van der Waals surface area contributed by atoms with Gasteiger partial charge in [-0.2, -0.15) is 0 Å². The van der Waals surface area contributed by atoms with Crippen molar-refractivity contribution in [1.82, 2.24) is 10.2 Å². The highest BCUT2D eigenvalue weighted by Gasteiger charge is 2.19. The van der Waals surface area contributed by atoms with Crippen LogP contribution in [0.1, 0.15) is 20.3 Å². The maximum absolute atomic E-state index is 3.51. The molecule has 1 fully saturated rings. The summed E-state index contributed by atoms with van der Waals surface area (Å²) in [6.07, 6.45) is 1.25. The van der Waals surface area contributed by atoms with Crippen molar-refractivity contribution in [2.24, 2.45) is 0 Å². The number of hydrogen-bond acceptors (Lipinski definition) is 2. The third-order valence-corrected chi connectivity index (χ3v) is 2.46. The lowest BCUT2D eigenvalue weighted by Crippen LogP contribution is -2.53. The number of hydrogen-bond donors (Lipinski definition) is 1. The van der Waals surface area contributed by atoms with Gasteiger partial charge in [-0.05, 0) is 20.4 Å². The number of nitrogens with one attached hydrogen (secondary N) is 1. The van der Waals surface area contributed by atoms with Gasteiger partial charge in [-0.1, -0.05) is 6.92 Å². The average Bonchev–Trinajstić information content (AvgIpc) is 1.95. The Kier molecular flexibility index (Phi) is 2.69.